The third kappa shape index (κ3) is 5.03. The van der Waals surface area contributed by atoms with E-state index in [2.05, 4.69) is 10.1 Å². The Hall–Kier alpha value is -3.03. The Labute approximate surface area is 160 Å². The van der Waals surface area contributed by atoms with Crippen molar-refractivity contribution in [2.75, 3.05) is 12.4 Å². The molecule has 2 aromatic rings. The third-order valence-corrected chi connectivity index (χ3v) is 3.94. The summed E-state index contributed by atoms with van der Waals surface area (Å²) in [6.45, 7) is 3.95. The predicted molar refractivity (Wildman–Crippen MR) is 97.4 cm³/mol. The third-order valence-electron chi connectivity index (χ3n) is 3.94. The number of phenols is 1. The van der Waals surface area contributed by atoms with Crippen molar-refractivity contribution in [2.24, 2.45) is 5.92 Å². The molecular weight excluding hydrogens is 375 g/mol. The first-order valence-corrected chi connectivity index (χ1v) is 8.45. The lowest BCUT2D eigenvalue weighted by Crippen LogP contribution is -2.18. The van der Waals surface area contributed by atoms with Crippen molar-refractivity contribution in [3.63, 3.8) is 0 Å². The van der Waals surface area contributed by atoms with E-state index in [-0.39, 0.29) is 16.9 Å². The van der Waals surface area contributed by atoms with E-state index in [1.807, 2.05) is 13.8 Å². The molecule has 0 aliphatic carbocycles. The number of hydrogen-bond donors (Lipinski definition) is 2. The number of rotatable bonds is 5. The molecule has 0 aliphatic heterocycles. The van der Waals surface area contributed by atoms with Crippen molar-refractivity contribution in [3.8, 4) is 5.75 Å². The molecule has 5 nitrogen and oxygen atoms in total. The van der Waals surface area contributed by atoms with Gasteiger partial charge in [0.25, 0.3) is 5.91 Å². The van der Waals surface area contributed by atoms with Crippen LogP contribution in [0.3, 0.4) is 0 Å². The van der Waals surface area contributed by atoms with E-state index in [1.165, 1.54) is 12.1 Å². The Bertz CT molecular complexity index is 892. The number of nitrogens with one attached hydrogen (secondary N) is 1. The lowest BCUT2D eigenvalue weighted by atomic mass is 10.00. The molecule has 0 aromatic heterocycles. The highest BCUT2D eigenvalue weighted by molar-refractivity contribution is 6.07. The van der Waals surface area contributed by atoms with Gasteiger partial charge in [0.15, 0.2) is 0 Å². The highest BCUT2D eigenvalue weighted by Gasteiger charge is 2.35. The fourth-order valence-corrected chi connectivity index (χ4v) is 2.69. The molecule has 2 rings (SSSR count). The van der Waals surface area contributed by atoms with Gasteiger partial charge in [-0.3, -0.25) is 4.79 Å². The van der Waals surface area contributed by atoms with Crippen molar-refractivity contribution >= 4 is 17.6 Å². The molecule has 8 heteroatoms. The number of alkyl halides is 3. The first-order valence-electron chi connectivity index (χ1n) is 8.45. The summed E-state index contributed by atoms with van der Waals surface area (Å²) >= 11 is 0. The fourth-order valence-electron chi connectivity index (χ4n) is 2.69. The molecule has 0 heterocycles. The number of carbonyl (C=O) groups excluding carboxylic acids is 2. The quantitative estimate of drug-likeness (QED) is 0.723. The zero-order valence-electron chi connectivity index (χ0n) is 15.6. The van der Waals surface area contributed by atoms with Gasteiger partial charge < -0.3 is 15.2 Å². The maximum absolute atomic E-state index is 13.4. The normalized spacial score (nSPS) is 11.4. The van der Waals surface area contributed by atoms with Gasteiger partial charge in [0.1, 0.15) is 5.75 Å². The number of aromatic hydroxyl groups is 1. The van der Waals surface area contributed by atoms with E-state index in [4.69, 9.17) is 0 Å². The smallest absolute Gasteiger partial charge is 0.418 e. The van der Waals surface area contributed by atoms with Crippen LogP contribution < -0.4 is 5.32 Å². The highest BCUT2D eigenvalue weighted by atomic mass is 19.4. The average Bonchev–Trinajstić information content (AvgIpc) is 2.61. The number of halogens is 3. The summed E-state index contributed by atoms with van der Waals surface area (Å²) in [5.41, 5.74) is -1.38. The minimum absolute atomic E-state index is 0.136. The number of ether oxygens (including phenoxy) is 1. The summed E-state index contributed by atoms with van der Waals surface area (Å²) in [5, 5.41) is 12.1. The van der Waals surface area contributed by atoms with E-state index in [0.29, 0.717) is 18.4 Å². The van der Waals surface area contributed by atoms with Gasteiger partial charge in [-0.2, -0.15) is 13.2 Å². The molecule has 0 bridgehead atoms. The Morgan fingerprint density at radius 2 is 1.82 bits per heavy atom. The standard InChI is InChI=1S/C20H20F3NO4/c1-11(2)8-12-4-7-17(25)14(9-12)18(26)24-16-6-5-13(19(27)28-3)10-15(16)20(21,22)23/h4-7,9-11,25H,8H2,1-3H3,(H,24,26). The number of methoxy groups -OCH3 is 1. The topological polar surface area (TPSA) is 75.6 Å². The molecule has 0 radical (unpaired) electrons. The number of hydrogen-bond acceptors (Lipinski definition) is 4. The molecule has 1 amide bonds. The second-order valence-corrected chi connectivity index (χ2v) is 6.65. The van der Waals surface area contributed by atoms with Crippen LogP contribution in [0.2, 0.25) is 0 Å². The van der Waals surface area contributed by atoms with E-state index < -0.39 is 29.3 Å². The summed E-state index contributed by atoms with van der Waals surface area (Å²) in [5.74, 6) is -1.87. The van der Waals surface area contributed by atoms with Gasteiger partial charge in [0.05, 0.1) is 29.5 Å². The van der Waals surface area contributed by atoms with Gasteiger partial charge in [0, 0.05) is 0 Å². The van der Waals surface area contributed by atoms with Crippen LogP contribution in [0.1, 0.15) is 45.7 Å². The maximum Gasteiger partial charge on any atom is 0.418 e. The van der Waals surface area contributed by atoms with E-state index >= 15 is 0 Å². The van der Waals surface area contributed by atoms with Gasteiger partial charge in [-0.05, 0) is 48.2 Å². The lowest BCUT2D eigenvalue weighted by molar-refractivity contribution is -0.136. The van der Waals surface area contributed by atoms with Crippen molar-refractivity contribution in [1.82, 2.24) is 0 Å². The van der Waals surface area contributed by atoms with Crippen LogP contribution in [0.25, 0.3) is 0 Å². The Kier molecular flexibility index (Phi) is 6.33. The zero-order valence-corrected chi connectivity index (χ0v) is 15.6. The second kappa shape index (κ2) is 8.33. The molecule has 2 aromatic carbocycles. The average molecular weight is 395 g/mol. The summed E-state index contributed by atoms with van der Waals surface area (Å²) in [4.78, 5) is 24.0. The summed E-state index contributed by atoms with van der Waals surface area (Å²) in [7, 11) is 1.05. The van der Waals surface area contributed by atoms with Gasteiger partial charge in [0.2, 0.25) is 0 Å². The minimum Gasteiger partial charge on any atom is -0.507 e. The minimum atomic E-state index is -4.81. The SMILES string of the molecule is COC(=O)c1ccc(NC(=O)c2cc(CC(C)C)ccc2O)c(C(F)(F)F)c1. The Morgan fingerprint density at radius 1 is 1.14 bits per heavy atom. The molecule has 28 heavy (non-hydrogen) atoms. The summed E-state index contributed by atoms with van der Waals surface area (Å²) < 4.78 is 44.6. The van der Waals surface area contributed by atoms with Crippen molar-refractivity contribution in [2.45, 2.75) is 26.4 Å². The molecule has 2 N–H and O–H groups in total. The van der Waals surface area contributed by atoms with Crippen LogP contribution in [0.5, 0.6) is 5.75 Å². The number of carbonyl (C=O) groups is 2. The van der Waals surface area contributed by atoms with Gasteiger partial charge in [-0.15, -0.1) is 0 Å². The number of esters is 1. The molecule has 0 aliphatic rings. The zero-order chi connectivity index (χ0) is 21.1. The molecule has 150 valence electrons. The molecule has 0 unspecified atom stereocenters. The highest BCUT2D eigenvalue weighted by Crippen LogP contribution is 2.36. The second-order valence-electron chi connectivity index (χ2n) is 6.65. The summed E-state index contributed by atoms with van der Waals surface area (Å²) in [6, 6.07) is 7.13. The molecule has 0 spiro atoms. The van der Waals surface area contributed by atoms with Crippen molar-refractivity contribution < 1.29 is 32.6 Å². The number of benzene rings is 2. The Balaban J connectivity index is 2.39. The Morgan fingerprint density at radius 3 is 2.39 bits per heavy atom. The number of amides is 1. The van der Waals surface area contributed by atoms with Crippen molar-refractivity contribution in [1.29, 1.82) is 0 Å². The first kappa shape index (κ1) is 21.3. The molecule has 0 saturated heterocycles. The van der Waals surface area contributed by atoms with Crippen LogP contribution in [-0.2, 0) is 17.3 Å². The van der Waals surface area contributed by atoms with Crippen LogP contribution in [0, 0.1) is 5.92 Å². The van der Waals surface area contributed by atoms with Crippen molar-refractivity contribution in [3.05, 3.63) is 58.7 Å². The lowest BCUT2D eigenvalue weighted by Gasteiger charge is -2.16. The largest absolute Gasteiger partial charge is 0.507 e. The first-order chi connectivity index (χ1) is 13.0. The number of anilines is 1. The molecule has 0 fully saturated rings. The van der Waals surface area contributed by atoms with Crippen LogP contribution >= 0.6 is 0 Å². The van der Waals surface area contributed by atoms with Crippen LogP contribution in [0.4, 0.5) is 18.9 Å². The summed E-state index contributed by atoms with van der Waals surface area (Å²) in [6.07, 6.45) is -4.17. The van der Waals surface area contributed by atoms with Crippen LogP contribution in [-0.4, -0.2) is 24.1 Å². The monoisotopic (exact) mass is 395 g/mol. The predicted octanol–water partition coefficient (Wildman–Crippen LogP) is 4.65. The maximum atomic E-state index is 13.4. The molecule has 0 saturated carbocycles. The molecular formula is C20H20F3NO4. The molecule has 0 atom stereocenters. The van der Waals surface area contributed by atoms with E-state index in [9.17, 15) is 27.9 Å². The van der Waals surface area contributed by atoms with Crippen LogP contribution in [0.15, 0.2) is 36.4 Å². The van der Waals surface area contributed by atoms with Gasteiger partial charge >= 0.3 is 12.1 Å². The van der Waals surface area contributed by atoms with Gasteiger partial charge in [-0.1, -0.05) is 19.9 Å². The van der Waals surface area contributed by atoms with Gasteiger partial charge in [-0.25, -0.2) is 4.79 Å². The number of phenolic OH excluding ortho intramolecular Hbond substituents is 1. The van der Waals surface area contributed by atoms with E-state index in [1.54, 1.807) is 6.07 Å². The fraction of sp³-hybridized carbons (Fsp3) is 0.300. The van der Waals surface area contributed by atoms with E-state index in [0.717, 1.165) is 24.8 Å².